The number of thiazole rings is 1. The van der Waals surface area contributed by atoms with E-state index < -0.39 is 0 Å². The summed E-state index contributed by atoms with van der Waals surface area (Å²) in [4.78, 5) is 17.9. The topological polar surface area (TPSA) is 33.2 Å². The van der Waals surface area contributed by atoms with E-state index in [4.69, 9.17) is 0 Å². The molecule has 0 bridgehead atoms. The SMILES string of the molecule is CN(Cc1ccc(C(C)(C)C)cc1)C(=O)c1cscn1. The first-order valence-electron chi connectivity index (χ1n) is 6.61. The van der Waals surface area contributed by atoms with Crippen LogP contribution in [0.4, 0.5) is 0 Å². The number of nitrogens with zero attached hydrogens (tertiary/aromatic N) is 2. The summed E-state index contributed by atoms with van der Waals surface area (Å²) < 4.78 is 0. The molecule has 0 spiro atoms. The van der Waals surface area contributed by atoms with Crippen molar-refractivity contribution in [2.24, 2.45) is 0 Å². The minimum absolute atomic E-state index is 0.0360. The molecule has 2 rings (SSSR count). The van der Waals surface area contributed by atoms with Gasteiger partial charge in [-0.1, -0.05) is 45.0 Å². The lowest BCUT2D eigenvalue weighted by molar-refractivity contribution is 0.0780. The third kappa shape index (κ3) is 3.45. The second kappa shape index (κ2) is 5.75. The second-order valence-corrected chi connectivity index (χ2v) is 6.70. The Balaban J connectivity index is 2.05. The van der Waals surface area contributed by atoms with Crippen molar-refractivity contribution < 1.29 is 4.79 Å². The fourth-order valence-electron chi connectivity index (χ4n) is 1.97. The van der Waals surface area contributed by atoms with Crippen molar-refractivity contribution >= 4 is 17.2 Å². The molecule has 0 aliphatic heterocycles. The maximum atomic E-state index is 12.1. The number of amides is 1. The summed E-state index contributed by atoms with van der Waals surface area (Å²) in [6.45, 7) is 7.18. The molecule has 0 saturated heterocycles. The van der Waals surface area contributed by atoms with Crippen LogP contribution in [0.5, 0.6) is 0 Å². The molecule has 0 unspecified atom stereocenters. The standard InChI is InChI=1S/C16H20N2OS/c1-16(2,3)13-7-5-12(6-8-13)9-18(4)15(19)14-10-20-11-17-14/h5-8,10-11H,9H2,1-4H3. The highest BCUT2D eigenvalue weighted by atomic mass is 32.1. The van der Waals surface area contributed by atoms with E-state index in [1.54, 1.807) is 22.8 Å². The van der Waals surface area contributed by atoms with Crippen LogP contribution in [0.1, 0.15) is 42.4 Å². The van der Waals surface area contributed by atoms with Crippen molar-refractivity contribution in [1.82, 2.24) is 9.88 Å². The van der Waals surface area contributed by atoms with E-state index in [9.17, 15) is 4.79 Å². The quantitative estimate of drug-likeness (QED) is 0.862. The molecular formula is C16H20N2OS. The molecule has 106 valence electrons. The summed E-state index contributed by atoms with van der Waals surface area (Å²) in [5.41, 5.74) is 4.78. The molecule has 1 amide bonds. The van der Waals surface area contributed by atoms with Gasteiger partial charge in [0.05, 0.1) is 5.51 Å². The van der Waals surface area contributed by atoms with Crippen molar-refractivity contribution in [3.8, 4) is 0 Å². The van der Waals surface area contributed by atoms with Crippen LogP contribution in [0, 0.1) is 0 Å². The number of benzene rings is 1. The van der Waals surface area contributed by atoms with E-state index in [0.29, 0.717) is 12.2 Å². The first-order chi connectivity index (χ1) is 9.38. The number of carbonyl (C=O) groups is 1. The van der Waals surface area contributed by atoms with Crippen LogP contribution < -0.4 is 0 Å². The lowest BCUT2D eigenvalue weighted by Gasteiger charge is -2.20. The van der Waals surface area contributed by atoms with Gasteiger partial charge in [-0.25, -0.2) is 4.98 Å². The molecule has 20 heavy (non-hydrogen) atoms. The molecule has 0 radical (unpaired) electrons. The lowest BCUT2D eigenvalue weighted by Crippen LogP contribution is -2.26. The Morgan fingerprint density at radius 2 is 1.90 bits per heavy atom. The maximum absolute atomic E-state index is 12.1. The number of hydrogen-bond acceptors (Lipinski definition) is 3. The van der Waals surface area contributed by atoms with Crippen molar-refractivity contribution in [3.05, 3.63) is 52.0 Å². The van der Waals surface area contributed by atoms with Gasteiger partial charge in [-0.2, -0.15) is 0 Å². The van der Waals surface area contributed by atoms with E-state index in [1.165, 1.54) is 16.9 Å². The van der Waals surface area contributed by atoms with Crippen molar-refractivity contribution in [2.75, 3.05) is 7.05 Å². The smallest absolute Gasteiger partial charge is 0.273 e. The van der Waals surface area contributed by atoms with Gasteiger partial charge in [0.15, 0.2) is 0 Å². The zero-order valence-corrected chi connectivity index (χ0v) is 13.2. The Hall–Kier alpha value is -1.68. The highest BCUT2D eigenvalue weighted by Gasteiger charge is 2.15. The van der Waals surface area contributed by atoms with Gasteiger partial charge in [0.25, 0.3) is 5.91 Å². The highest BCUT2D eigenvalue weighted by Crippen LogP contribution is 2.22. The third-order valence-corrected chi connectivity index (χ3v) is 3.82. The van der Waals surface area contributed by atoms with Gasteiger partial charge >= 0.3 is 0 Å². The number of hydrogen-bond donors (Lipinski definition) is 0. The minimum Gasteiger partial charge on any atom is -0.336 e. The van der Waals surface area contributed by atoms with Crippen LogP contribution in [-0.4, -0.2) is 22.8 Å². The zero-order valence-electron chi connectivity index (χ0n) is 12.4. The summed E-state index contributed by atoms with van der Waals surface area (Å²) in [5, 5.41) is 1.78. The van der Waals surface area contributed by atoms with Crippen LogP contribution in [0.15, 0.2) is 35.2 Å². The van der Waals surface area contributed by atoms with Gasteiger partial charge in [0.1, 0.15) is 5.69 Å². The molecule has 1 aromatic heterocycles. The average Bonchev–Trinajstić information content (AvgIpc) is 2.91. The van der Waals surface area contributed by atoms with Crippen LogP contribution in [0.25, 0.3) is 0 Å². The van der Waals surface area contributed by atoms with Gasteiger partial charge in [-0.3, -0.25) is 4.79 Å². The van der Waals surface area contributed by atoms with E-state index in [1.807, 2.05) is 0 Å². The van der Waals surface area contributed by atoms with Crippen LogP contribution in [0.3, 0.4) is 0 Å². The fourth-order valence-corrected chi connectivity index (χ4v) is 2.50. The predicted molar refractivity (Wildman–Crippen MR) is 83.1 cm³/mol. The summed E-state index contributed by atoms with van der Waals surface area (Å²) in [5.74, 6) is -0.0360. The molecule has 0 N–H and O–H groups in total. The lowest BCUT2D eigenvalue weighted by atomic mass is 9.87. The number of rotatable bonds is 3. The predicted octanol–water partition coefficient (Wildman–Crippen LogP) is 3.71. The van der Waals surface area contributed by atoms with Gasteiger partial charge in [0, 0.05) is 19.0 Å². The second-order valence-electron chi connectivity index (χ2n) is 5.98. The van der Waals surface area contributed by atoms with Gasteiger partial charge < -0.3 is 4.90 Å². The molecule has 0 fully saturated rings. The van der Waals surface area contributed by atoms with E-state index in [-0.39, 0.29) is 11.3 Å². The van der Waals surface area contributed by atoms with Crippen LogP contribution in [-0.2, 0) is 12.0 Å². The largest absolute Gasteiger partial charge is 0.336 e. The van der Waals surface area contributed by atoms with Gasteiger partial charge in [-0.15, -0.1) is 11.3 Å². The number of carbonyl (C=O) groups excluding carboxylic acids is 1. The molecule has 1 heterocycles. The molecule has 0 aliphatic rings. The Kier molecular flexibility index (Phi) is 4.23. The van der Waals surface area contributed by atoms with E-state index in [2.05, 4.69) is 50.0 Å². The normalized spacial score (nSPS) is 11.4. The van der Waals surface area contributed by atoms with Crippen molar-refractivity contribution in [3.63, 3.8) is 0 Å². The van der Waals surface area contributed by atoms with Crippen molar-refractivity contribution in [1.29, 1.82) is 0 Å². The Labute approximate surface area is 124 Å². The number of aromatic nitrogens is 1. The Morgan fingerprint density at radius 1 is 1.25 bits per heavy atom. The average molecular weight is 288 g/mol. The summed E-state index contributed by atoms with van der Waals surface area (Å²) >= 11 is 1.44. The molecule has 0 aliphatic carbocycles. The van der Waals surface area contributed by atoms with Gasteiger partial charge in [-0.05, 0) is 16.5 Å². The molecular weight excluding hydrogens is 268 g/mol. The zero-order chi connectivity index (χ0) is 14.8. The highest BCUT2D eigenvalue weighted by molar-refractivity contribution is 7.07. The molecule has 2 aromatic rings. The Bertz CT molecular complexity index is 568. The third-order valence-electron chi connectivity index (χ3n) is 3.24. The monoisotopic (exact) mass is 288 g/mol. The molecule has 4 heteroatoms. The maximum Gasteiger partial charge on any atom is 0.273 e. The summed E-state index contributed by atoms with van der Waals surface area (Å²) in [6, 6.07) is 8.45. The molecule has 1 aromatic carbocycles. The molecule has 0 saturated carbocycles. The Morgan fingerprint density at radius 3 is 2.40 bits per heavy atom. The van der Waals surface area contributed by atoms with E-state index in [0.717, 1.165) is 5.56 Å². The van der Waals surface area contributed by atoms with Crippen LogP contribution in [0.2, 0.25) is 0 Å². The fraction of sp³-hybridized carbons (Fsp3) is 0.375. The molecule has 0 atom stereocenters. The van der Waals surface area contributed by atoms with E-state index >= 15 is 0 Å². The minimum atomic E-state index is -0.0360. The van der Waals surface area contributed by atoms with Crippen LogP contribution >= 0.6 is 11.3 Å². The summed E-state index contributed by atoms with van der Waals surface area (Å²) in [7, 11) is 1.80. The first-order valence-corrected chi connectivity index (χ1v) is 7.55. The first kappa shape index (κ1) is 14.7. The molecule has 3 nitrogen and oxygen atoms in total. The summed E-state index contributed by atoms with van der Waals surface area (Å²) in [6.07, 6.45) is 0. The van der Waals surface area contributed by atoms with Crippen molar-refractivity contribution in [2.45, 2.75) is 32.7 Å². The van der Waals surface area contributed by atoms with Gasteiger partial charge in [0.2, 0.25) is 0 Å².